The van der Waals surface area contributed by atoms with Gasteiger partial charge in [0, 0.05) is 22.8 Å². The van der Waals surface area contributed by atoms with Gasteiger partial charge < -0.3 is 14.5 Å². The molecule has 4 aromatic rings. The van der Waals surface area contributed by atoms with Gasteiger partial charge in [-0.3, -0.25) is 0 Å². The predicted molar refractivity (Wildman–Crippen MR) is 104 cm³/mol. The van der Waals surface area contributed by atoms with Crippen LogP contribution in [0.1, 0.15) is 16.1 Å². The molecule has 7 nitrogen and oxygen atoms in total. The van der Waals surface area contributed by atoms with Crippen LogP contribution in [0, 0.1) is 6.92 Å². The number of carbonyl (C=O) groups excluding carboxylic acids is 1. The second-order valence-electron chi connectivity index (χ2n) is 6.07. The van der Waals surface area contributed by atoms with Crippen molar-refractivity contribution in [1.82, 2.24) is 9.97 Å². The third-order valence-corrected chi connectivity index (χ3v) is 4.00. The fraction of sp³-hybridized carbons (Fsp3) is 0.0476. The Morgan fingerprint density at radius 1 is 1.04 bits per heavy atom. The monoisotopic (exact) mass is 373 g/mol. The van der Waals surface area contributed by atoms with E-state index in [0.29, 0.717) is 22.5 Å². The number of aryl methyl sites for hydroxylation is 1. The lowest BCUT2D eigenvalue weighted by atomic mass is 10.2. The highest BCUT2D eigenvalue weighted by atomic mass is 16.5. The van der Waals surface area contributed by atoms with Crippen LogP contribution >= 0.6 is 0 Å². The molecular formula is C21H15N3O4. The molecule has 0 spiro atoms. The van der Waals surface area contributed by atoms with Crippen LogP contribution in [0.3, 0.4) is 0 Å². The third kappa shape index (κ3) is 3.73. The fourth-order valence-electron chi connectivity index (χ4n) is 2.64. The van der Waals surface area contributed by atoms with E-state index >= 15 is 0 Å². The maximum Gasteiger partial charge on any atom is 0.351 e. The zero-order chi connectivity index (χ0) is 19.5. The van der Waals surface area contributed by atoms with E-state index in [1.807, 2.05) is 13.0 Å². The van der Waals surface area contributed by atoms with Crippen LogP contribution in [-0.4, -0.2) is 15.9 Å². The van der Waals surface area contributed by atoms with Gasteiger partial charge in [0.25, 0.3) is 0 Å². The SMILES string of the molecule is Cc1cc(Nc2ccc(OC(=O)c3cc4ccccc4oc3=O)cc2)ncn1. The number of nitrogens with one attached hydrogen (secondary N) is 1. The zero-order valence-corrected chi connectivity index (χ0v) is 14.9. The van der Waals surface area contributed by atoms with E-state index in [0.717, 1.165) is 11.4 Å². The molecule has 0 saturated carbocycles. The minimum atomic E-state index is -0.772. The molecule has 0 aliphatic carbocycles. The molecule has 0 aliphatic heterocycles. The lowest BCUT2D eigenvalue weighted by Gasteiger charge is -2.08. The summed E-state index contributed by atoms with van der Waals surface area (Å²) < 4.78 is 10.5. The van der Waals surface area contributed by atoms with Gasteiger partial charge in [-0.05, 0) is 43.3 Å². The van der Waals surface area contributed by atoms with E-state index < -0.39 is 11.6 Å². The Kier molecular flexibility index (Phi) is 4.55. The normalized spacial score (nSPS) is 10.6. The molecule has 0 bridgehead atoms. The summed E-state index contributed by atoms with van der Waals surface area (Å²) >= 11 is 0. The first-order chi connectivity index (χ1) is 13.6. The Labute approximate surface area is 159 Å². The Morgan fingerprint density at radius 2 is 1.82 bits per heavy atom. The summed E-state index contributed by atoms with van der Waals surface area (Å²) in [6.07, 6.45) is 1.48. The molecule has 0 unspecified atom stereocenters. The number of hydrogen-bond acceptors (Lipinski definition) is 7. The highest BCUT2D eigenvalue weighted by Gasteiger charge is 2.16. The number of para-hydroxylation sites is 1. The van der Waals surface area contributed by atoms with Crippen LogP contribution in [0.4, 0.5) is 11.5 Å². The molecule has 2 aromatic carbocycles. The maximum atomic E-state index is 12.4. The van der Waals surface area contributed by atoms with Crippen LogP contribution in [0.5, 0.6) is 5.75 Å². The molecular weight excluding hydrogens is 358 g/mol. The smallest absolute Gasteiger partial charge is 0.351 e. The van der Waals surface area contributed by atoms with Crippen molar-refractivity contribution in [2.45, 2.75) is 6.92 Å². The minimum Gasteiger partial charge on any atom is -0.423 e. The van der Waals surface area contributed by atoms with E-state index in [9.17, 15) is 9.59 Å². The van der Waals surface area contributed by atoms with Crippen molar-refractivity contribution >= 4 is 28.4 Å². The largest absolute Gasteiger partial charge is 0.423 e. The number of esters is 1. The van der Waals surface area contributed by atoms with E-state index in [4.69, 9.17) is 9.15 Å². The Bertz CT molecular complexity index is 1220. The van der Waals surface area contributed by atoms with E-state index in [1.165, 1.54) is 12.4 Å². The van der Waals surface area contributed by atoms with Crippen LogP contribution in [-0.2, 0) is 0 Å². The van der Waals surface area contributed by atoms with Gasteiger partial charge in [0.1, 0.15) is 29.0 Å². The minimum absolute atomic E-state index is 0.155. The van der Waals surface area contributed by atoms with Crippen molar-refractivity contribution in [3.05, 3.63) is 88.7 Å². The van der Waals surface area contributed by atoms with Gasteiger partial charge in [0.2, 0.25) is 0 Å². The molecule has 0 atom stereocenters. The quantitative estimate of drug-likeness (QED) is 0.330. The number of aromatic nitrogens is 2. The van der Waals surface area contributed by atoms with Crippen molar-refractivity contribution in [3.8, 4) is 5.75 Å². The molecule has 7 heteroatoms. The Morgan fingerprint density at radius 3 is 2.61 bits per heavy atom. The number of ether oxygens (including phenoxy) is 1. The van der Waals surface area contributed by atoms with Crippen LogP contribution in [0.25, 0.3) is 11.0 Å². The van der Waals surface area contributed by atoms with E-state index in [2.05, 4.69) is 15.3 Å². The number of anilines is 2. The summed E-state index contributed by atoms with van der Waals surface area (Å²) in [7, 11) is 0. The van der Waals surface area contributed by atoms with E-state index in [1.54, 1.807) is 48.5 Å². The van der Waals surface area contributed by atoms with Gasteiger partial charge in [-0.2, -0.15) is 0 Å². The molecule has 4 rings (SSSR count). The number of fused-ring (bicyclic) bond motifs is 1. The summed E-state index contributed by atoms with van der Waals surface area (Å²) in [5.74, 6) is 0.194. The van der Waals surface area contributed by atoms with Crippen molar-refractivity contribution < 1.29 is 13.9 Å². The number of carbonyl (C=O) groups is 1. The topological polar surface area (TPSA) is 94.3 Å². The summed E-state index contributed by atoms with van der Waals surface area (Å²) in [4.78, 5) is 32.6. The molecule has 0 amide bonds. The molecule has 28 heavy (non-hydrogen) atoms. The van der Waals surface area contributed by atoms with Crippen LogP contribution in [0.15, 0.2) is 76.2 Å². The summed E-state index contributed by atoms with van der Waals surface area (Å²) in [6.45, 7) is 1.87. The average Bonchev–Trinajstić information content (AvgIpc) is 2.69. The molecule has 2 heterocycles. The lowest BCUT2D eigenvalue weighted by molar-refractivity contribution is 0.0730. The standard InChI is InChI=1S/C21H15N3O4/c1-13-10-19(23-12-22-13)24-15-6-8-16(9-7-15)27-20(25)17-11-14-4-2-3-5-18(14)28-21(17)26/h2-12H,1H3,(H,22,23,24). The second-order valence-corrected chi connectivity index (χ2v) is 6.07. The molecule has 0 fully saturated rings. The Hall–Kier alpha value is -4.00. The highest BCUT2D eigenvalue weighted by molar-refractivity contribution is 5.94. The molecule has 0 saturated heterocycles. The third-order valence-electron chi connectivity index (χ3n) is 4.00. The molecule has 0 aliphatic rings. The van der Waals surface area contributed by atoms with Crippen molar-refractivity contribution in [1.29, 1.82) is 0 Å². The maximum absolute atomic E-state index is 12.4. The van der Waals surface area contributed by atoms with Crippen LogP contribution in [0.2, 0.25) is 0 Å². The van der Waals surface area contributed by atoms with Gasteiger partial charge in [0.15, 0.2) is 0 Å². The predicted octanol–water partition coefficient (Wildman–Crippen LogP) is 3.85. The highest BCUT2D eigenvalue weighted by Crippen LogP contribution is 2.20. The first kappa shape index (κ1) is 17.4. The first-order valence-electron chi connectivity index (χ1n) is 8.49. The molecule has 138 valence electrons. The molecule has 1 N–H and O–H groups in total. The second kappa shape index (κ2) is 7.32. The van der Waals surface area contributed by atoms with Gasteiger partial charge in [-0.1, -0.05) is 18.2 Å². The zero-order valence-electron chi connectivity index (χ0n) is 14.9. The average molecular weight is 373 g/mol. The lowest BCUT2D eigenvalue weighted by Crippen LogP contribution is -2.18. The summed E-state index contributed by atoms with van der Waals surface area (Å²) in [5, 5.41) is 3.78. The van der Waals surface area contributed by atoms with E-state index in [-0.39, 0.29) is 5.56 Å². The summed E-state index contributed by atoms with van der Waals surface area (Å²) in [5.41, 5.74) is 1.14. The van der Waals surface area contributed by atoms with Crippen molar-refractivity contribution in [2.75, 3.05) is 5.32 Å². The van der Waals surface area contributed by atoms with Crippen molar-refractivity contribution in [2.24, 2.45) is 0 Å². The molecule has 2 aromatic heterocycles. The Balaban J connectivity index is 1.50. The van der Waals surface area contributed by atoms with Crippen LogP contribution < -0.4 is 15.7 Å². The number of benzene rings is 2. The van der Waals surface area contributed by atoms with Gasteiger partial charge in [0.05, 0.1) is 0 Å². The molecule has 0 radical (unpaired) electrons. The van der Waals surface area contributed by atoms with Gasteiger partial charge in [-0.25, -0.2) is 19.6 Å². The number of nitrogens with zero attached hydrogens (tertiary/aromatic N) is 2. The summed E-state index contributed by atoms with van der Waals surface area (Å²) in [6, 6.07) is 17.0. The number of hydrogen-bond donors (Lipinski definition) is 1. The van der Waals surface area contributed by atoms with Crippen molar-refractivity contribution in [3.63, 3.8) is 0 Å². The first-order valence-corrected chi connectivity index (χ1v) is 8.49. The number of rotatable bonds is 4. The van der Waals surface area contributed by atoms with Gasteiger partial charge in [-0.15, -0.1) is 0 Å². The van der Waals surface area contributed by atoms with Gasteiger partial charge >= 0.3 is 11.6 Å². The fourth-order valence-corrected chi connectivity index (χ4v) is 2.64.